The lowest BCUT2D eigenvalue weighted by atomic mass is 10.0. The molecule has 0 saturated heterocycles. The zero-order valence-corrected chi connectivity index (χ0v) is 13.4. The summed E-state index contributed by atoms with van der Waals surface area (Å²) in [5.41, 5.74) is -0.0199. The molecule has 26 heavy (non-hydrogen) atoms. The van der Waals surface area contributed by atoms with Crippen molar-refractivity contribution in [3.8, 4) is 0 Å². The van der Waals surface area contributed by atoms with Gasteiger partial charge in [-0.1, -0.05) is 30.3 Å². The van der Waals surface area contributed by atoms with Gasteiger partial charge in [0.05, 0.1) is 17.4 Å². The molecule has 0 radical (unpaired) electrons. The third-order valence-electron chi connectivity index (χ3n) is 3.45. The van der Waals surface area contributed by atoms with Crippen molar-refractivity contribution in [3.05, 3.63) is 75.6 Å². The fourth-order valence-corrected chi connectivity index (χ4v) is 2.23. The molecule has 0 aliphatic carbocycles. The van der Waals surface area contributed by atoms with E-state index in [1.807, 2.05) is 0 Å². The van der Waals surface area contributed by atoms with Gasteiger partial charge in [-0.05, 0) is 11.6 Å². The zero-order valence-electron chi connectivity index (χ0n) is 13.4. The van der Waals surface area contributed by atoms with Crippen LogP contribution in [-0.4, -0.2) is 22.1 Å². The molecule has 0 fully saturated rings. The molecule has 136 valence electrons. The normalized spacial score (nSPS) is 11.4. The number of hydrogen-bond donors (Lipinski definition) is 2. The number of nitro benzene ring substituents is 1. The number of nitrogens with one attached hydrogen (secondary N) is 1. The third-order valence-corrected chi connectivity index (χ3v) is 3.45. The molecule has 0 aliphatic rings. The van der Waals surface area contributed by atoms with E-state index in [1.54, 1.807) is 30.3 Å². The van der Waals surface area contributed by atoms with Gasteiger partial charge < -0.3 is 15.2 Å². The van der Waals surface area contributed by atoms with Crippen molar-refractivity contribution in [2.24, 2.45) is 0 Å². The van der Waals surface area contributed by atoms with Crippen LogP contribution in [0.4, 0.5) is 14.9 Å². The first-order chi connectivity index (χ1) is 12.4. The maximum Gasteiger partial charge on any atom is 0.407 e. The number of hydrogen-bond acceptors (Lipinski definition) is 5. The summed E-state index contributed by atoms with van der Waals surface area (Å²) in [6.45, 7) is -0.0656. The van der Waals surface area contributed by atoms with E-state index in [9.17, 15) is 24.1 Å². The van der Waals surface area contributed by atoms with Gasteiger partial charge in [0.1, 0.15) is 12.4 Å². The van der Waals surface area contributed by atoms with Crippen molar-refractivity contribution in [2.75, 3.05) is 0 Å². The fraction of sp³-hybridized carbons (Fsp3) is 0.176. The number of carboxylic acids is 1. The first kappa shape index (κ1) is 18.8. The van der Waals surface area contributed by atoms with Gasteiger partial charge in [-0.3, -0.25) is 14.9 Å². The molecule has 2 rings (SSSR count). The molecule has 2 aromatic rings. The van der Waals surface area contributed by atoms with Gasteiger partial charge in [-0.2, -0.15) is 0 Å². The summed E-state index contributed by atoms with van der Waals surface area (Å²) >= 11 is 0. The minimum atomic E-state index is -1.32. The lowest BCUT2D eigenvalue weighted by molar-refractivity contribution is -0.385. The molecule has 0 saturated carbocycles. The highest BCUT2D eigenvalue weighted by atomic mass is 19.1. The van der Waals surface area contributed by atoms with E-state index in [2.05, 4.69) is 5.32 Å². The highest BCUT2D eigenvalue weighted by Crippen LogP contribution is 2.25. The van der Waals surface area contributed by atoms with Gasteiger partial charge in [-0.15, -0.1) is 0 Å². The summed E-state index contributed by atoms with van der Waals surface area (Å²) in [5, 5.41) is 22.1. The summed E-state index contributed by atoms with van der Waals surface area (Å²) in [6.07, 6.45) is -1.63. The van der Waals surface area contributed by atoms with E-state index in [-0.39, 0.29) is 12.2 Å². The molecular weight excluding hydrogens is 347 g/mol. The Labute approximate surface area is 147 Å². The molecule has 0 spiro atoms. The number of carboxylic acid groups (broad SMARTS) is 1. The second-order valence-electron chi connectivity index (χ2n) is 5.32. The minimum absolute atomic E-state index is 0.0656. The predicted octanol–water partition coefficient (Wildman–Crippen LogP) is 3.18. The monoisotopic (exact) mass is 362 g/mol. The number of rotatable bonds is 7. The maximum atomic E-state index is 14.0. The first-order valence-electron chi connectivity index (χ1n) is 7.49. The van der Waals surface area contributed by atoms with E-state index >= 15 is 0 Å². The van der Waals surface area contributed by atoms with Crippen molar-refractivity contribution < 1.29 is 28.7 Å². The molecule has 2 aromatic carbocycles. The molecule has 0 aromatic heterocycles. The van der Waals surface area contributed by atoms with Crippen LogP contribution >= 0.6 is 0 Å². The Morgan fingerprint density at radius 3 is 2.54 bits per heavy atom. The Hall–Kier alpha value is -3.49. The Morgan fingerprint density at radius 2 is 1.92 bits per heavy atom. The van der Waals surface area contributed by atoms with E-state index in [0.717, 1.165) is 18.2 Å². The number of benzene rings is 2. The summed E-state index contributed by atoms with van der Waals surface area (Å²) in [5.74, 6) is -2.19. The van der Waals surface area contributed by atoms with Crippen LogP contribution in [0.1, 0.15) is 23.6 Å². The average molecular weight is 362 g/mol. The third kappa shape index (κ3) is 5.26. The predicted molar refractivity (Wildman–Crippen MR) is 87.8 cm³/mol. The quantitative estimate of drug-likeness (QED) is 0.577. The molecule has 0 unspecified atom stereocenters. The van der Waals surface area contributed by atoms with Crippen molar-refractivity contribution in [1.82, 2.24) is 5.32 Å². The van der Waals surface area contributed by atoms with Crippen LogP contribution in [0, 0.1) is 15.9 Å². The highest BCUT2D eigenvalue weighted by molar-refractivity contribution is 5.72. The topological polar surface area (TPSA) is 119 Å². The van der Waals surface area contributed by atoms with Gasteiger partial charge >= 0.3 is 12.1 Å². The number of ether oxygens (including phenoxy) is 1. The average Bonchev–Trinajstić information content (AvgIpc) is 2.60. The molecule has 8 nitrogen and oxygen atoms in total. The number of aliphatic carboxylic acids is 1. The van der Waals surface area contributed by atoms with Crippen LogP contribution in [0.3, 0.4) is 0 Å². The molecule has 0 heterocycles. The van der Waals surface area contributed by atoms with Crippen molar-refractivity contribution in [2.45, 2.75) is 19.1 Å². The standard InChI is InChI=1S/C17H15FN2O6/c18-14-7-6-12(20(24)25)8-13(14)15(9-16(21)22)19-17(23)26-10-11-4-2-1-3-5-11/h1-8,15H,9-10H2,(H,19,23)(H,21,22)/t15-/m1/s1. The van der Waals surface area contributed by atoms with Gasteiger partial charge in [0.25, 0.3) is 5.69 Å². The number of nitro groups is 1. The molecule has 0 aliphatic heterocycles. The number of carbonyl (C=O) groups excluding carboxylic acids is 1. The highest BCUT2D eigenvalue weighted by Gasteiger charge is 2.24. The Kier molecular flexibility index (Phi) is 6.20. The molecule has 1 amide bonds. The second-order valence-corrected chi connectivity index (χ2v) is 5.32. The fourth-order valence-electron chi connectivity index (χ4n) is 2.23. The second kappa shape index (κ2) is 8.56. The lowest BCUT2D eigenvalue weighted by Gasteiger charge is -2.18. The summed E-state index contributed by atoms with van der Waals surface area (Å²) in [7, 11) is 0. The van der Waals surface area contributed by atoms with E-state index in [1.165, 1.54) is 0 Å². The Balaban J connectivity index is 2.14. The van der Waals surface area contributed by atoms with Crippen LogP contribution in [0.5, 0.6) is 0 Å². The molecular formula is C17H15FN2O6. The molecule has 0 bridgehead atoms. The van der Waals surface area contributed by atoms with Gasteiger partial charge in [0.2, 0.25) is 0 Å². The Bertz CT molecular complexity index is 812. The minimum Gasteiger partial charge on any atom is -0.481 e. The Morgan fingerprint density at radius 1 is 1.23 bits per heavy atom. The number of amides is 1. The number of alkyl carbamates (subject to hydrolysis) is 1. The van der Waals surface area contributed by atoms with Gasteiger partial charge in [-0.25, -0.2) is 9.18 Å². The van der Waals surface area contributed by atoms with Crippen molar-refractivity contribution in [3.63, 3.8) is 0 Å². The summed E-state index contributed by atoms with van der Waals surface area (Å²) < 4.78 is 19.0. The summed E-state index contributed by atoms with van der Waals surface area (Å²) in [6, 6.07) is 10.1. The van der Waals surface area contributed by atoms with Crippen molar-refractivity contribution >= 4 is 17.7 Å². The van der Waals surface area contributed by atoms with Crippen LogP contribution in [0.25, 0.3) is 0 Å². The number of halogens is 1. The largest absolute Gasteiger partial charge is 0.481 e. The van der Waals surface area contributed by atoms with E-state index in [4.69, 9.17) is 9.84 Å². The molecule has 1 atom stereocenters. The zero-order chi connectivity index (χ0) is 19.1. The van der Waals surface area contributed by atoms with Crippen LogP contribution in [0.15, 0.2) is 48.5 Å². The smallest absolute Gasteiger partial charge is 0.407 e. The SMILES string of the molecule is O=C(O)C[C@@H](NC(=O)OCc1ccccc1)c1cc([N+](=O)[O-])ccc1F. The van der Waals surface area contributed by atoms with Gasteiger partial charge in [0, 0.05) is 17.7 Å². The molecule has 2 N–H and O–H groups in total. The first-order valence-corrected chi connectivity index (χ1v) is 7.49. The van der Waals surface area contributed by atoms with E-state index < -0.39 is 41.0 Å². The number of nitrogens with zero attached hydrogens (tertiary/aromatic N) is 1. The van der Waals surface area contributed by atoms with Crippen LogP contribution < -0.4 is 5.32 Å². The van der Waals surface area contributed by atoms with Crippen LogP contribution in [-0.2, 0) is 16.1 Å². The summed E-state index contributed by atoms with van der Waals surface area (Å²) in [4.78, 5) is 33.1. The maximum absolute atomic E-state index is 14.0. The molecule has 9 heteroatoms. The lowest BCUT2D eigenvalue weighted by Crippen LogP contribution is -2.31. The van der Waals surface area contributed by atoms with Gasteiger partial charge in [0.15, 0.2) is 0 Å². The number of carbonyl (C=O) groups is 2. The van der Waals surface area contributed by atoms with E-state index in [0.29, 0.717) is 5.56 Å². The van der Waals surface area contributed by atoms with Crippen molar-refractivity contribution in [1.29, 1.82) is 0 Å². The number of non-ortho nitro benzene ring substituents is 1. The van der Waals surface area contributed by atoms with Crippen LogP contribution in [0.2, 0.25) is 0 Å².